The van der Waals surface area contributed by atoms with Crippen LogP contribution in [0.4, 0.5) is 23.8 Å². The van der Waals surface area contributed by atoms with Crippen molar-refractivity contribution < 1.29 is 32.0 Å². The lowest BCUT2D eigenvalue weighted by Crippen LogP contribution is -2.51. The molecule has 0 atom stereocenters. The van der Waals surface area contributed by atoms with E-state index in [0.29, 0.717) is 31.0 Å². The summed E-state index contributed by atoms with van der Waals surface area (Å²) in [7, 11) is 0. The number of anilines is 1. The number of hydrogen-bond acceptors (Lipinski definition) is 7. The molecule has 42 heavy (non-hydrogen) atoms. The SMILES string of the molecule is CC(C)(C)OC(=O)N(CC12CCC(c3noc(C4(F)CC4)n3)(CC1)CC2)c1cc(-c2ccc(OC(F)F)cc2)ccn1. The molecule has 1 amide bonds. The molecule has 3 aromatic rings. The van der Waals surface area contributed by atoms with Gasteiger partial charge < -0.3 is 14.0 Å². The molecule has 4 saturated carbocycles. The van der Waals surface area contributed by atoms with Gasteiger partial charge in [-0.15, -0.1) is 0 Å². The second-order valence-corrected chi connectivity index (χ2v) is 13.0. The maximum atomic E-state index is 14.5. The summed E-state index contributed by atoms with van der Waals surface area (Å²) in [5, 5.41) is 4.21. The minimum atomic E-state index is -2.90. The van der Waals surface area contributed by atoms with Gasteiger partial charge in [-0.05, 0) is 113 Å². The number of fused-ring (bicyclic) bond motifs is 3. The van der Waals surface area contributed by atoms with Crippen molar-refractivity contribution in [3.05, 3.63) is 54.3 Å². The highest BCUT2D eigenvalue weighted by Gasteiger charge is 2.55. The van der Waals surface area contributed by atoms with Crippen LogP contribution in [0.3, 0.4) is 0 Å². The molecular weight excluding hydrogens is 549 g/mol. The molecule has 7 rings (SSSR count). The van der Waals surface area contributed by atoms with Crippen LogP contribution in [0.1, 0.15) is 83.9 Å². The third-order valence-electron chi connectivity index (χ3n) is 8.92. The Kier molecular flexibility index (Phi) is 6.97. The van der Waals surface area contributed by atoms with Crippen molar-refractivity contribution in [3.8, 4) is 16.9 Å². The number of halogens is 3. The van der Waals surface area contributed by atoms with Crippen molar-refractivity contribution in [1.29, 1.82) is 0 Å². The molecule has 0 N–H and O–H groups in total. The van der Waals surface area contributed by atoms with Crippen molar-refractivity contribution in [1.82, 2.24) is 15.1 Å². The maximum Gasteiger partial charge on any atom is 0.416 e. The van der Waals surface area contributed by atoms with Crippen LogP contribution in [0.15, 0.2) is 47.1 Å². The quantitative estimate of drug-likeness (QED) is 0.268. The van der Waals surface area contributed by atoms with Gasteiger partial charge in [-0.2, -0.15) is 13.8 Å². The number of aromatic nitrogens is 3. The Labute approximate surface area is 242 Å². The Morgan fingerprint density at radius 1 is 1.00 bits per heavy atom. The van der Waals surface area contributed by atoms with Gasteiger partial charge in [0.15, 0.2) is 11.5 Å². The zero-order valence-electron chi connectivity index (χ0n) is 24.0. The first kappa shape index (κ1) is 28.5. The summed E-state index contributed by atoms with van der Waals surface area (Å²) in [6, 6.07) is 9.94. The molecule has 4 fully saturated rings. The topological polar surface area (TPSA) is 90.6 Å². The van der Waals surface area contributed by atoms with Gasteiger partial charge in [-0.25, -0.2) is 14.2 Å². The number of benzene rings is 1. The van der Waals surface area contributed by atoms with Crippen LogP contribution in [-0.2, 0) is 15.8 Å². The van der Waals surface area contributed by atoms with Crippen molar-refractivity contribution >= 4 is 11.9 Å². The first-order chi connectivity index (χ1) is 19.9. The number of rotatable bonds is 8. The molecule has 0 unspecified atom stereocenters. The van der Waals surface area contributed by atoms with Crippen molar-refractivity contribution in [2.45, 2.75) is 95.4 Å². The summed E-state index contributed by atoms with van der Waals surface area (Å²) in [6.45, 7) is 3.01. The predicted octanol–water partition coefficient (Wildman–Crippen LogP) is 7.73. The number of ether oxygens (including phenoxy) is 2. The predicted molar refractivity (Wildman–Crippen MR) is 148 cm³/mol. The highest BCUT2D eigenvalue weighted by atomic mass is 19.3. The van der Waals surface area contributed by atoms with Crippen molar-refractivity contribution in [3.63, 3.8) is 0 Å². The van der Waals surface area contributed by atoms with Gasteiger partial charge in [0.25, 0.3) is 5.89 Å². The zero-order chi connectivity index (χ0) is 29.8. The van der Waals surface area contributed by atoms with E-state index in [1.165, 1.54) is 12.1 Å². The molecule has 1 aromatic carbocycles. The van der Waals surface area contributed by atoms with Gasteiger partial charge in [0.2, 0.25) is 0 Å². The summed E-state index contributed by atoms with van der Waals surface area (Å²) in [6.07, 6.45) is 7.03. The number of alkyl halides is 3. The Bertz CT molecular complexity index is 1420. The first-order valence-electron chi connectivity index (χ1n) is 14.4. The molecule has 224 valence electrons. The number of amides is 1. The van der Waals surface area contributed by atoms with Crippen LogP contribution in [-0.4, -0.2) is 40.0 Å². The monoisotopic (exact) mass is 584 g/mol. The van der Waals surface area contributed by atoms with Gasteiger partial charge in [-0.3, -0.25) is 4.90 Å². The molecule has 11 heteroatoms. The number of nitrogens with zero attached hydrogens (tertiary/aromatic N) is 4. The van der Waals surface area contributed by atoms with E-state index < -0.39 is 24.0 Å². The second kappa shape index (κ2) is 10.3. The average molecular weight is 585 g/mol. The smallest absolute Gasteiger partial charge is 0.416 e. The van der Waals surface area contributed by atoms with E-state index in [1.54, 1.807) is 29.3 Å². The summed E-state index contributed by atoms with van der Waals surface area (Å²) in [4.78, 5) is 24.3. The number of carbonyl (C=O) groups is 1. The lowest BCUT2D eigenvalue weighted by atomic mass is 9.53. The molecule has 8 nitrogen and oxygen atoms in total. The van der Waals surface area contributed by atoms with Gasteiger partial charge in [0.1, 0.15) is 17.2 Å². The largest absolute Gasteiger partial charge is 0.443 e. The van der Waals surface area contributed by atoms with Crippen LogP contribution in [0.2, 0.25) is 0 Å². The number of carbonyl (C=O) groups excluding carboxylic acids is 1. The molecule has 0 radical (unpaired) electrons. The Balaban J connectivity index is 1.23. The third-order valence-corrected chi connectivity index (χ3v) is 8.92. The van der Waals surface area contributed by atoms with Gasteiger partial charge in [0, 0.05) is 18.2 Å². The van der Waals surface area contributed by atoms with Gasteiger partial charge in [0.05, 0.1) is 0 Å². The fourth-order valence-corrected chi connectivity index (χ4v) is 6.25. The summed E-state index contributed by atoms with van der Waals surface area (Å²) in [5.74, 6) is 1.23. The number of hydrogen-bond donors (Lipinski definition) is 0. The van der Waals surface area contributed by atoms with Crippen LogP contribution in [0.5, 0.6) is 5.75 Å². The fourth-order valence-electron chi connectivity index (χ4n) is 6.25. The zero-order valence-corrected chi connectivity index (χ0v) is 24.0. The van der Waals surface area contributed by atoms with E-state index >= 15 is 0 Å². The van der Waals surface area contributed by atoms with E-state index in [0.717, 1.165) is 49.7 Å². The first-order valence-corrected chi connectivity index (χ1v) is 14.4. The molecule has 4 aliphatic rings. The molecule has 2 aromatic heterocycles. The van der Waals surface area contributed by atoms with Crippen molar-refractivity contribution in [2.75, 3.05) is 11.4 Å². The summed E-state index contributed by atoms with van der Waals surface area (Å²) < 4.78 is 55.3. The molecule has 2 heterocycles. The Morgan fingerprint density at radius 3 is 2.26 bits per heavy atom. The lowest BCUT2D eigenvalue weighted by Gasteiger charge is -2.53. The molecule has 2 bridgehead atoms. The third kappa shape index (κ3) is 5.70. The molecule has 0 aliphatic heterocycles. The van der Waals surface area contributed by atoms with Gasteiger partial charge >= 0.3 is 12.7 Å². The molecule has 4 aliphatic carbocycles. The van der Waals surface area contributed by atoms with Crippen LogP contribution < -0.4 is 9.64 Å². The molecular formula is C31H35F3N4O4. The lowest BCUT2D eigenvalue weighted by molar-refractivity contribution is -0.0498. The van der Waals surface area contributed by atoms with E-state index in [4.69, 9.17) is 9.26 Å². The van der Waals surface area contributed by atoms with Crippen molar-refractivity contribution in [2.24, 2.45) is 5.41 Å². The highest BCUT2D eigenvalue weighted by molar-refractivity contribution is 5.87. The Morgan fingerprint density at radius 2 is 1.67 bits per heavy atom. The minimum Gasteiger partial charge on any atom is -0.443 e. The second-order valence-electron chi connectivity index (χ2n) is 13.0. The highest BCUT2D eigenvalue weighted by Crippen LogP contribution is 2.58. The number of pyridine rings is 1. The van der Waals surface area contributed by atoms with E-state index in [9.17, 15) is 18.0 Å². The maximum absolute atomic E-state index is 14.5. The standard InChI is InChI=1S/C31H35F3N4O4/c1-28(2,3)41-27(39)38(23-18-21(8-17-35-23)20-4-6-22(7-5-20)40-26(32)33)19-29-9-12-30(13-10-29,14-11-29)24-36-25(42-37-24)31(34)15-16-31/h4-8,17-18,26H,9-16,19H2,1-3H3. The minimum absolute atomic E-state index is 0.0666. The summed E-state index contributed by atoms with van der Waals surface area (Å²) in [5.41, 5.74) is -0.991. The van der Waals surface area contributed by atoms with Crippen LogP contribution in [0.25, 0.3) is 11.1 Å². The summed E-state index contributed by atoms with van der Waals surface area (Å²) >= 11 is 0. The normalized spacial score (nSPS) is 24.5. The van der Waals surface area contributed by atoms with E-state index in [2.05, 4.69) is 19.9 Å². The average Bonchev–Trinajstić information content (AvgIpc) is 3.49. The fraction of sp³-hybridized carbons (Fsp3) is 0.548. The van der Waals surface area contributed by atoms with Crippen LogP contribution >= 0.6 is 0 Å². The van der Waals surface area contributed by atoms with E-state index in [1.807, 2.05) is 26.8 Å². The molecule has 0 spiro atoms. The Hall–Kier alpha value is -3.63. The van der Waals surface area contributed by atoms with Crippen LogP contribution in [0, 0.1) is 5.41 Å². The van der Waals surface area contributed by atoms with Gasteiger partial charge in [-0.1, -0.05) is 17.3 Å². The molecule has 0 saturated heterocycles. The van der Waals surface area contributed by atoms with E-state index in [-0.39, 0.29) is 22.5 Å².